The molecule has 2 heterocycles. The normalized spacial score (nSPS) is 15.5. The third-order valence-corrected chi connectivity index (χ3v) is 6.32. The lowest BCUT2D eigenvalue weighted by Gasteiger charge is -2.33. The molecule has 0 N–H and O–H groups in total. The number of nitrogens with zero attached hydrogens (tertiary/aromatic N) is 3. The maximum Gasteiger partial charge on any atom is 0.435 e. The number of piperidine rings is 1. The van der Waals surface area contributed by atoms with Crippen molar-refractivity contribution in [2.45, 2.75) is 91.1 Å². The zero-order valence-electron chi connectivity index (χ0n) is 22.6. The van der Waals surface area contributed by atoms with Gasteiger partial charge in [-0.05, 0) is 78.0 Å². The Balaban J connectivity index is 1.90. The van der Waals surface area contributed by atoms with Crippen LogP contribution in [0.5, 0.6) is 0 Å². The largest absolute Gasteiger partial charge is 0.444 e. The fourth-order valence-electron chi connectivity index (χ4n) is 3.89. The Morgan fingerprint density at radius 2 is 1.54 bits per heavy atom. The van der Waals surface area contributed by atoms with Gasteiger partial charge < -0.3 is 14.4 Å². The van der Waals surface area contributed by atoms with Crippen LogP contribution >= 0.6 is 0 Å². The molecule has 0 atom stereocenters. The minimum absolute atomic E-state index is 0.256. The van der Waals surface area contributed by atoms with Gasteiger partial charge in [-0.15, -0.1) is 5.54 Å². The molecule has 7 nitrogen and oxygen atoms in total. The van der Waals surface area contributed by atoms with E-state index in [1.165, 1.54) is 10.2 Å². The van der Waals surface area contributed by atoms with Crippen molar-refractivity contribution in [2.75, 3.05) is 13.1 Å². The molecule has 0 saturated carbocycles. The van der Waals surface area contributed by atoms with Crippen molar-refractivity contribution in [3.63, 3.8) is 0 Å². The van der Waals surface area contributed by atoms with Gasteiger partial charge >= 0.3 is 12.2 Å². The molecule has 2 aromatic rings. The SMILES string of the molecule is CC(C)(C)OC(=O)N1CCC(c2ccc3c(c2)c(C#C[Si](C)(C)C)nn3C(=O)OC(C)(C)C)CC1. The van der Waals surface area contributed by atoms with Crippen molar-refractivity contribution < 1.29 is 19.1 Å². The molecule has 1 aliphatic heterocycles. The summed E-state index contributed by atoms with van der Waals surface area (Å²) in [6.45, 7) is 19.0. The maximum atomic E-state index is 12.9. The van der Waals surface area contributed by atoms with E-state index in [0.717, 1.165) is 18.2 Å². The molecule has 0 aliphatic carbocycles. The van der Waals surface area contributed by atoms with E-state index in [2.05, 4.69) is 48.3 Å². The van der Waals surface area contributed by atoms with Crippen LogP contribution in [0, 0.1) is 11.5 Å². The van der Waals surface area contributed by atoms with Gasteiger partial charge in [0.2, 0.25) is 0 Å². The highest BCUT2D eigenvalue weighted by molar-refractivity contribution is 6.83. The van der Waals surface area contributed by atoms with Gasteiger partial charge in [0.15, 0.2) is 0 Å². The Morgan fingerprint density at radius 3 is 2.09 bits per heavy atom. The molecule has 0 unspecified atom stereocenters. The average molecular weight is 498 g/mol. The van der Waals surface area contributed by atoms with Gasteiger partial charge in [-0.25, -0.2) is 9.59 Å². The Kier molecular flexibility index (Phi) is 7.42. The molecule has 35 heavy (non-hydrogen) atoms. The first kappa shape index (κ1) is 26.8. The van der Waals surface area contributed by atoms with E-state index < -0.39 is 25.4 Å². The van der Waals surface area contributed by atoms with Crippen LogP contribution in [0.4, 0.5) is 9.59 Å². The molecule has 1 aromatic heterocycles. The summed E-state index contributed by atoms with van der Waals surface area (Å²) < 4.78 is 12.4. The fourth-order valence-corrected chi connectivity index (χ4v) is 4.39. The predicted octanol–water partition coefficient (Wildman–Crippen LogP) is 6.16. The van der Waals surface area contributed by atoms with Gasteiger partial charge in [0.1, 0.15) is 25.0 Å². The number of amides is 1. The molecule has 1 aliphatic rings. The van der Waals surface area contributed by atoms with E-state index in [-0.39, 0.29) is 6.09 Å². The summed E-state index contributed by atoms with van der Waals surface area (Å²) in [7, 11) is -1.64. The van der Waals surface area contributed by atoms with E-state index in [1.807, 2.05) is 47.6 Å². The Morgan fingerprint density at radius 1 is 0.971 bits per heavy atom. The van der Waals surface area contributed by atoms with Crippen molar-refractivity contribution in [3.05, 3.63) is 29.5 Å². The highest BCUT2D eigenvalue weighted by Gasteiger charge is 2.28. The van der Waals surface area contributed by atoms with Crippen LogP contribution in [-0.4, -0.2) is 59.2 Å². The lowest BCUT2D eigenvalue weighted by molar-refractivity contribution is 0.0204. The van der Waals surface area contributed by atoms with Crippen LogP contribution in [0.2, 0.25) is 19.6 Å². The minimum Gasteiger partial charge on any atom is -0.444 e. The number of rotatable bonds is 1. The Bertz CT molecular complexity index is 1160. The van der Waals surface area contributed by atoms with Gasteiger partial charge in [0, 0.05) is 18.5 Å². The predicted molar refractivity (Wildman–Crippen MR) is 141 cm³/mol. The van der Waals surface area contributed by atoms with E-state index in [9.17, 15) is 9.59 Å². The number of benzene rings is 1. The summed E-state index contributed by atoms with van der Waals surface area (Å²) in [6.07, 6.45) is 0.929. The molecule has 3 rings (SSSR count). The first-order valence-corrected chi connectivity index (χ1v) is 15.8. The summed E-state index contributed by atoms with van der Waals surface area (Å²) >= 11 is 0. The summed E-state index contributed by atoms with van der Waals surface area (Å²) in [6, 6.07) is 6.08. The van der Waals surface area contributed by atoms with Crippen molar-refractivity contribution in [3.8, 4) is 11.5 Å². The molecule has 1 fully saturated rings. The molecular weight excluding hydrogens is 458 g/mol. The smallest absolute Gasteiger partial charge is 0.435 e. The van der Waals surface area contributed by atoms with Gasteiger partial charge in [-0.3, -0.25) is 0 Å². The summed E-state index contributed by atoms with van der Waals surface area (Å²) in [4.78, 5) is 27.1. The molecule has 8 heteroatoms. The highest BCUT2D eigenvalue weighted by Crippen LogP contribution is 2.32. The van der Waals surface area contributed by atoms with Crippen LogP contribution < -0.4 is 0 Å². The molecule has 190 valence electrons. The molecule has 1 amide bonds. The Labute approximate surface area is 210 Å². The molecular formula is C27H39N3O4Si. The number of carbonyl (C=O) groups excluding carboxylic acids is 2. The number of likely N-dealkylation sites (tertiary alicyclic amines) is 1. The topological polar surface area (TPSA) is 73.7 Å². The molecule has 0 spiro atoms. The molecule has 1 saturated heterocycles. The Hall–Kier alpha value is -2.79. The van der Waals surface area contributed by atoms with E-state index in [0.29, 0.717) is 30.2 Å². The van der Waals surface area contributed by atoms with E-state index in [1.54, 1.807) is 4.90 Å². The minimum atomic E-state index is -1.64. The summed E-state index contributed by atoms with van der Waals surface area (Å²) in [5.74, 6) is 3.55. The number of ether oxygens (including phenoxy) is 2. The second-order valence-electron chi connectivity index (χ2n) is 12.3. The van der Waals surface area contributed by atoms with Gasteiger partial charge in [-0.2, -0.15) is 9.78 Å². The number of hydrogen-bond donors (Lipinski definition) is 0. The summed E-state index contributed by atoms with van der Waals surface area (Å²) in [5, 5.41) is 5.41. The second kappa shape index (κ2) is 9.69. The molecule has 0 bridgehead atoms. The quantitative estimate of drug-likeness (QED) is 0.348. The average Bonchev–Trinajstić information content (AvgIpc) is 3.07. The number of aromatic nitrogens is 2. The number of hydrogen-bond acceptors (Lipinski definition) is 5. The van der Waals surface area contributed by atoms with Crippen molar-refractivity contribution in [1.29, 1.82) is 0 Å². The van der Waals surface area contributed by atoms with Gasteiger partial charge in [-0.1, -0.05) is 31.6 Å². The monoisotopic (exact) mass is 497 g/mol. The van der Waals surface area contributed by atoms with E-state index >= 15 is 0 Å². The van der Waals surface area contributed by atoms with Crippen molar-refractivity contribution >= 4 is 31.2 Å². The third kappa shape index (κ3) is 7.34. The summed E-state index contributed by atoms with van der Waals surface area (Å²) in [5.41, 5.74) is 4.70. The second-order valence-corrected chi connectivity index (χ2v) is 17.0. The number of carbonyl (C=O) groups is 2. The van der Waals surface area contributed by atoms with Crippen LogP contribution in [-0.2, 0) is 9.47 Å². The number of fused-ring (bicyclic) bond motifs is 1. The van der Waals surface area contributed by atoms with Crippen LogP contribution in [0.3, 0.4) is 0 Å². The van der Waals surface area contributed by atoms with Crippen molar-refractivity contribution in [2.24, 2.45) is 0 Å². The van der Waals surface area contributed by atoms with E-state index in [4.69, 9.17) is 9.47 Å². The lowest BCUT2D eigenvalue weighted by atomic mass is 9.89. The highest BCUT2D eigenvalue weighted by atomic mass is 28.3. The standard InChI is InChI=1S/C27H39N3O4Si/c1-26(2,3)33-24(31)29-15-12-19(13-16-29)20-10-11-23-21(18-20)22(14-17-35(7,8)9)28-30(23)25(32)34-27(4,5)6/h10-11,18-19H,12-13,15-16H2,1-9H3. The molecule has 0 radical (unpaired) electrons. The van der Waals surface area contributed by atoms with Crippen LogP contribution in [0.15, 0.2) is 18.2 Å². The zero-order valence-corrected chi connectivity index (χ0v) is 23.6. The first-order valence-electron chi connectivity index (χ1n) is 12.3. The lowest BCUT2D eigenvalue weighted by Crippen LogP contribution is -2.41. The van der Waals surface area contributed by atoms with Gasteiger partial charge in [0.25, 0.3) is 0 Å². The third-order valence-electron chi connectivity index (χ3n) is 5.44. The zero-order chi connectivity index (χ0) is 26.2. The maximum absolute atomic E-state index is 12.9. The first-order chi connectivity index (χ1) is 16.0. The van der Waals surface area contributed by atoms with Crippen LogP contribution in [0.25, 0.3) is 10.9 Å². The van der Waals surface area contributed by atoms with Crippen LogP contribution in [0.1, 0.15) is 71.6 Å². The van der Waals surface area contributed by atoms with Gasteiger partial charge in [0.05, 0.1) is 5.52 Å². The molecule has 1 aromatic carbocycles. The van der Waals surface area contributed by atoms with Crippen molar-refractivity contribution in [1.82, 2.24) is 14.7 Å². The fraction of sp³-hybridized carbons (Fsp3) is 0.593.